The van der Waals surface area contributed by atoms with Crippen molar-refractivity contribution in [3.05, 3.63) is 64.7 Å². The molecule has 3 nitrogen and oxygen atoms in total. The maximum Gasteiger partial charge on any atom is 0.225 e. The summed E-state index contributed by atoms with van der Waals surface area (Å²) in [5.74, 6) is -1.00. The van der Waals surface area contributed by atoms with Crippen LogP contribution in [0.5, 0.6) is 0 Å². The van der Waals surface area contributed by atoms with Crippen molar-refractivity contribution in [1.82, 2.24) is 5.32 Å². The van der Waals surface area contributed by atoms with Crippen molar-refractivity contribution < 1.29 is 13.6 Å². The lowest BCUT2D eigenvalue weighted by Gasteiger charge is -2.07. The highest BCUT2D eigenvalue weighted by Gasteiger charge is 2.05. The van der Waals surface area contributed by atoms with Gasteiger partial charge in [-0.05, 0) is 35.9 Å². The summed E-state index contributed by atoms with van der Waals surface area (Å²) in [5.41, 5.74) is 1.39. The second kappa shape index (κ2) is 7.87. The maximum atomic E-state index is 13.0. The summed E-state index contributed by atoms with van der Waals surface area (Å²) in [7, 11) is 0. The molecule has 0 spiro atoms. The second-order valence-corrected chi connectivity index (χ2v) is 5.14. The van der Waals surface area contributed by atoms with Crippen LogP contribution in [0.3, 0.4) is 0 Å². The van der Waals surface area contributed by atoms with Crippen molar-refractivity contribution in [3.8, 4) is 0 Å². The zero-order chi connectivity index (χ0) is 15.9. The molecule has 0 saturated carbocycles. The number of anilines is 1. The monoisotopic (exact) mass is 324 g/mol. The van der Waals surface area contributed by atoms with E-state index >= 15 is 0 Å². The van der Waals surface area contributed by atoms with Crippen molar-refractivity contribution in [1.29, 1.82) is 0 Å². The zero-order valence-corrected chi connectivity index (χ0v) is 12.5. The van der Waals surface area contributed by atoms with Gasteiger partial charge in [0.05, 0.1) is 5.02 Å². The third-order valence-corrected chi connectivity index (χ3v) is 3.26. The minimum Gasteiger partial charge on any atom is -0.326 e. The molecule has 0 radical (unpaired) electrons. The third-order valence-electron chi connectivity index (χ3n) is 2.97. The molecule has 2 aromatic rings. The van der Waals surface area contributed by atoms with Gasteiger partial charge in [-0.2, -0.15) is 0 Å². The molecular weight excluding hydrogens is 310 g/mol. The Balaban J connectivity index is 1.71. The molecule has 1 amide bonds. The standard InChI is InChI=1S/C16H15ClF2N2O/c17-14-9-13(5-6-15(14)19)21-16(22)7-8-20-10-11-1-3-12(18)4-2-11/h1-6,9,20H,7-8,10H2,(H,21,22). The Labute approximate surface area is 132 Å². The first-order valence-corrected chi connectivity index (χ1v) is 7.12. The number of amides is 1. The van der Waals surface area contributed by atoms with E-state index in [1.807, 2.05) is 0 Å². The Kier molecular flexibility index (Phi) is 5.86. The summed E-state index contributed by atoms with van der Waals surface area (Å²) in [4.78, 5) is 11.7. The molecule has 0 aliphatic rings. The van der Waals surface area contributed by atoms with Crippen LogP contribution in [0.4, 0.5) is 14.5 Å². The van der Waals surface area contributed by atoms with E-state index in [2.05, 4.69) is 10.6 Å². The van der Waals surface area contributed by atoms with Gasteiger partial charge in [0.1, 0.15) is 11.6 Å². The third kappa shape index (κ3) is 5.09. The van der Waals surface area contributed by atoms with Crippen molar-refractivity contribution in [2.24, 2.45) is 0 Å². The number of rotatable bonds is 6. The molecule has 0 aliphatic carbocycles. The van der Waals surface area contributed by atoms with Gasteiger partial charge in [-0.3, -0.25) is 4.79 Å². The zero-order valence-electron chi connectivity index (χ0n) is 11.7. The lowest BCUT2D eigenvalue weighted by molar-refractivity contribution is -0.116. The number of halogens is 3. The number of benzene rings is 2. The predicted octanol–water partition coefficient (Wildman–Crippen LogP) is 3.74. The van der Waals surface area contributed by atoms with Gasteiger partial charge >= 0.3 is 0 Å². The Bertz CT molecular complexity index is 647. The molecule has 0 fully saturated rings. The molecule has 2 aromatic carbocycles. The van der Waals surface area contributed by atoms with Crippen LogP contribution in [-0.4, -0.2) is 12.5 Å². The Hall–Kier alpha value is -1.98. The second-order valence-electron chi connectivity index (χ2n) is 4.73. The summed E-state index contributed by atoms with van der Waals surface area (Å²) in [5, 5.41) is 5.69. The van der Waals surface area contributed by atoms with Gasteiger partial charge in [-0.1, -0.05) is 23.7 Å². The lowest BCUT2D eigenvalue weighted by Crippen LogP contribution is -2.21. The molecule has 0 aliphatic heterocycles. The maximum absolute atomic E-state index is 13.0. The summed E-state index contributed by atoms with van der Waals surface area (Å²) < 4.78 is 25.7. The number of carbonyl (C=O) groups is 1. The van der Waals surface area contributed by atoms with E-state index < -0.39 is 5.82 Å². The highest BCUT2D eigenvalue weighted by atomic mass is 35.5. The van der Waals surface area contributed by atoms with E-state index in [9.17, 15) is 13.6 Å². The van der Waals surface area contributed by atoms with Crippen LogP contribution in [0, 0.1) is 11.6 Å². The fourth-order valence-electron chi connectivity index (χ4n) is 1.83. The lowest BCUT2D eigenvalue weighted by atomic mass is 10.2. The van der Waals surface area contributed by atoms with Gasteiger partial charge in [-0.15, -0.1) is 0 Å². The number of nitrogens with one attached hydrogen (secondary N) is 2. The summed E-state index contributed by atoms with van der Waals surface area (Å²) >= 11 is 5.64. The quantitative estimate of drug-likeness (QED) is 0.795. The first-order chi connectivity index (χ1) is 10.5. The molecule has 22 heavy (non-hydrogen) atoms. The number of carbonyl (C=O) groups excluding carboxylic acids is 1. The highest BCUT2D eigenvalue weighted by Crippen LogP contribution is 2.19. The van der Waals surface area contributed by atoms with Crippen molar-refractivity contribution in [2.75, 3.05) is 11.9 Å². The van der Waals surface area contributed by atoms with Gasteiger partial charge < -0.3 is 10.6 Å². The van der Waals surface area contributed by atoms with Crippen LogP contribution in [0.25, 0.3) is 0 Å². The number of hydrogen-bond donors (Lipinski definition) is 2. The van der Waals surface area contributed by atoms with Crippen LogP contribution >= 0.6 is 11.6 Å². The molecule has 0 unspecified atom stereocenters. The van der Waals surface area contributed by atoms with Gasteiger partial charge in [0.25, 0.3) is 0 Å². The van der Waals surface area contributed by atoms with Crippen LogP contribution in [0.1, 0.15) is 12.0 Å². The average molecular weight is 325 g/mol. The topological polar surface area (TPSA) is 41.1 Å². The average Bonchev–Trinajstić information content (AvgIpc) is 2.49. The molecule has 0 saturated heterocycles. The van der Waals surface area contributed by atoms with Gasteiger partial charge in [0, 0.05) is 25.2 Å². The van der Waals surface area contributed by atoms with E-state index in [0.29, 0.717) is 18.8 Å². The molecule has 2 rings (SSSR count). The fourth-order valence-corrected chi connectivity index (χ4v) is 2.01. The molecule has 116 valence electrons. The van der Waals surface area contributed by atoms with Crippen molar-refractivity contribution in [3.63, 3.8) is 0 Å². The Morgan fingerprint density at radius 1 is 1.09 bits per heavy atom. The molecular formula is C16H15ClF2N2O. The number of hydrogen-bond acceptors (Lipinski definition) is 2. The van der Waals surface area contributed by atoms with Crippen LogP contribution < -0.4 is 10.6 Å². The first kappa shape index (κ1) is 16.4. The highest BCUT2D eigenvalue weighted by molar-refractivity contribution is 6.31. The summed E-state index contributed by atoms with van der Waals surface area (Å²) in [6.07, 6.45) is 0.260. The van der Waals surface area contributed by atoms with E-state index in [1.54, 1.807) is 12.1 Å². The van der Waals surface area contributed by atoms with E-state index in [1.165, 1.54) is 30.3 Å². The van der Waals surface area contributed by atoms with Crippen molar-refractivity contribution in [2.45, 2.75) is 13.0 Å². The molecule has 6 heteroatoms. The summed E-state index contributed by atoms with van der Waals surface area (Å²) in [6, 6.07) is 10.2. The molecule has 2 N–H and O–H groups in total. The minimum atomic E-state index is -0.527. The van der Waals surface area contributed by atoms with Gasteiger partial charge in [0.15, 0.2) is 0 Å². The SMILES string of the molecule is O=C(CCNCc1ccc(F)cc1)Nc1ccc(F)c(Cl)c1. The molecule has 0 atom stereocenters. The van der Waals surface area contributed by atoms with Gasteiger partial charge in [0.2, 0.25) is 5.91 Å². The Morgan fingerprint density at radius 3 is 2.50 bits per heavy atom. The van der Waals surface area contributed by atoms with Gasteiger partial charge in [-0.25, -0.2) is 8.78 Å². The first-order valence-electron chi connectivity index (χ1n) is 6.74. The molecule has 0 heterocycles. The van der Waals surface area contributed by atoms with E-state index in [-0.39, 0.29) is 23.2 Å². The molecule has 0 aromatic heterocycles. The van der Waals surface area contributed by atoms with E-state index in [4.69, 9.17) is 11.6 Å². The fraction of sp³-hybridized carbons (Fsp3) is 0.188. The minimum absolute atomic E-state index is 0.0350. The van der Waals surface area contributed by atoms with E-state index in [0.717, 1.165) is 5.56 Å². The Morgan fingerprint density at radius 2 is 1.82 bits per heavy atom. The van der Waals surface area contributed by atoms with Crippen LogP contribution in [0.2, 0.25) is 5.02 Å². The largest absolute Gasteiger partial charge is 0.326 e. The summed E-state index contributed by atoms with van der Waals surface area (Å²) in [6.45, 7) is 1.02. The normalized spacial score (nSPS) is 10.5. The van der Waals surface area contributed by atoms with Crippen LogP contribution in [0.15, 0.2) is 42.5 Å². The molecule has 0 bridgehead atoms. The smallest absolute Gasteiger partial charge is 0.225 e. The van der Waals surface area contributed by atoms with Crippen LogP contribution in [-0.2, 0) is 11.3 Å². The predicted molar refractivity (Wildman–Crippen MR) is 82.8 cm³/mol. The van der Waals surface area contributed by atoms with Crippen molar-refractivity contribution >= 4 is 23.2 Å².